The lowest BCUT2D eigenvalue weighted by atomic mass is 10.1. The van der Waals surface area contributed by atoms with E-state index in [0.29, 0.717) is 13.0 Å². The van der Waals surface area contributed by atoms with Crippen molar-refractivity contribution in [3.8, 4) is 0 Å². The van der Waals surface area contributed by atoms with Gasteiger partial charge in [0.05, 0.1) is 5.56 Å². The number of hydrogen-bond acceptors (Lipinski definition) is 1. The quantitative estimate of drug-likeness (QED) is 0.375. The van der Waals surface area contributed by atoms with Crippen molar-refractivity contribution < 1.29 is 22.0 Å². The van der Waals surface area contributed by atoms with Crippen LogP contribution in [0.1, 0.15) is 12.0 Å². The molecule has 0 unspecified atom stereocenters. The number of hydrogen-bond donors (Lipinski definition) is 1. The van der Waals surface area contributed by atoms with Gasteiger partial charge < -0.3 is 5.32 Å². The van der Waals surface area contributed by atoms with E-state index in [9.17, 15) is 22.0 Å². The third-order valence-electron chi connectivity index (χ3n) is 2.09. The summed E-state index contributed by atoms with van der Waals surface area (Å²) in [5.74, 6) is -9.65. The van der Waals surface area contributed by atoms with Crippen molar-refractivity contribution in [1.82, 2.24) is 5.32 Å². The molecule has 1 aromatic rings. The lowest BCUT2D eigenvalue weighted by Gasteiger charge is -2.04. The molecule has 0 saturated heterocycles. The van der Waals surface area contributed by atoms with E-state index in [-0.39, 0.29) is 0 Å². The maximum atomic E-state index is 13.1. The molecule has 0 spiro atoms. The van der Waals surface area contributed by atoms with Crippen molar-refractivity contribution in [2.45, 2.75) is 6.42 Å². The summed E-state index contributed by atoms with van der Waals surface area (Å²) in [5, 5.41) is 2.77. The first-order valence-electron chi connectivity index (χ1n) is 4.83. The summed E-state index contributed by atoms with van der Waals surface area (Å²) in [5.41, 5.74) is -0.919. The van der Waals surface area contributed by atoms with Crippen LogP contribution >= 0.6 is 0 Å². The van der Waals surface area contributed by atoms with Crippen molar-refractivity contribution in [1.29, 1.82) is 0 Å². The fourth-order valence-corrected chi connectivity index (χ4v) is 1.20. The van der Waals surface area contributed by atoms with Crippen molar-refractivity contribution in [3.63, 3.8) is 0 Å². The minimum absolute atomic E-state index is 0.413. The highest BCUT2D eigenvalue weighted by molar-refractivity contribution is 5.51. The van der Waals surface area contributed by atoms with E-state index < -0.39 is 34.6 Å². The van der Waals surface area contributed by atoms with Crippen LogP contribution in [0.2, 0.25) is 0 Å². The number of benzene rings is 1. The third kappa shape index (κ3) is 2.82. The molecule has 1 rings (SSSR count). The summed E-state index contributed by atoms with van der Waals surface area (Å²) in [6.45, 7) is 0.534. The van der Waals surface area contributed by atoms with E-state index in [2.05, 4.69) is 5.32 Å². The summed E-state index contributed by atoms with van der Waals surface area (Å²) < 4.78 is 64.5. The Hall–Kier alpha value is -1.43. The van der Waals surface area contributed by atoms with Crippen molar-refractivity contribution in [2.24, 2.45) is 0 Å². The summed E-state index contributed by atoms with van der Waals surface area (Å²) in [6, 6.07) is 0. The molecule has 1 aromatic carbocycles. The lowest BCUT2D eigenvalue weighted by Crippen LogP contribution is -2.06. The molecule has 94 valence electrons. The molecule has 0 fully saturated rings. The minimum Gasteiger partial charge on any atom is -0.319 e. The van der Waals surface area contributed by atoms with Crippen LogP contribution < -0.4 is 5.32 Å². The summed E-state index contributed by atoms with van der Waals surface area (Å²) in [7, 11) is 1.67. The second-order valence-corrected chi connectivity index (χ2v) is 3.28. The van der Waals surface area contributed by atoms with E-state index >= 15 is 0 Å². The molecular weight excluding hydrogens is 241 g/mol. The highest BCUT2D eigenvalue weighted by atomic mass is 19.2. The van der Waals surface area contributed by atoms with Crippen LogP contribution in [0.4, 0.5) is 22.0 Å². The molecule has 1 N–H and O–H groups in total. The van der Waals surface area contributed by atoms with Crippen LogP contribution in [0.15, 0.2) is 6.08 Å². The molecule has 0 bridgehead atoms. The molecule has 0 aliphatic carbocycles. The second-order valence-electron chi connectivity index (χ2n) is 3.28. The SMILES string of the molecule is CNCCC=Cc1c(F)c(F)c(F)c(F)c1F. The molecule has 0 aliphatic rings. The zero-order chi connectivity index (χ0) is 13.0. The molecule has 17 heavy (non-hydrogen) atoms. The van der Waals surface area contributed by atoms with E-state index in [1.165, 1.54) is 6.08 Å². The topological polar surface area (TPSA) is 12.0 Å². The van der Waals surface area contributed by atoms with Gasteiger partial charge in [0, 0.05) is 0 Å². The van der Waals surface area contributed by atoms with Gasteiger partial charge in [0.15, 0.2) is 23.3 Å². The Morgan fingerprint density at radius 3 is 1.82 bits per heavy atom. The molecule has 0 aromatic heterocycles. The number of nitrogens with one attached hydrogen (secondary N) is 1. The first kappa shape index (κ1) is 13.6. The second kappa shape index (κ2) is 5.77. The summed E-state index contributed by atoms with van der Waals surface area (Å²) >= 11 is 0. The Balaban J connectivity index is 3.12. The van der Waals surface area contributed by atoms with Gasteiger partial charge in [-0.2, -0.15) is 0 Å². The molecule has 0 aliphatic heterocycles. The monoisotopic (exact) mass is 251 g/mol. The molecule has 0 radical (unpaired) electrons. The van der Waals surface area contributed by atoms with Crippen LogP contribution in [0.5, 0.6) is 0 Å². The van der Waals surface area contributed by atoms with Crippen molar-refractivity contribution in [3.05, 3.63) is 40.7 Å². The molecule has 6 heteroatoms. The molecule has 0 atom stereocenters. The van der Waals surface area contributed by atoms with Gasteiger partial charge in [0.2, 0.25) is 5.82 Å². The Kier molecular flexibility index (Phi) is 4.62. The maximum absolute atomic E-state index is 13.1. The maximum Gasteiger partial charge on any atom is 0.200 e. The summed E-state index contributed by atoms with van der Waals surface area (Å²) in [4.78, 5) is 0. The Labute approximate surface area is 94.9 Å². The molecule has 0 heterocycles. The minimum atomic E-state index is -2.15. The van der Waals surface area contributed by atoms with Crippen LogP contribution in [0.25, 0.3) is 6.08 Å². The van der Waals surface area contributed by atoms with Gasteiger partial charge in [-0.3, -0.25) is 0 Å². The van der Waals surface area contributed by atoms with Gasteiger partial charge in [-0.15, -0.1) is 0 Å². The Morgan fingerprint density at radius 2 is 1.35 bits per heavy atom. The average molecular weight is 251 g/mol. The molecule has 1 nitrogen and oxygen atoms in total. The smallest absolute Gasteiger partial charge is 0.200 e. The Morgan fingerprint density at radius 1 is 0.882 bits per heavy atom. The van der Waals surface area contributed by atoms with Crippen LogP contribution in [0.3, 0.4) is 0 Å². The first-order chi connectivity index (χ1) is 8.00. The highest BCUT2D eigenvalue weighted by Crippen LogP contribution is 2.23. The number of halogens is 5. The average Bonchev–Trinajstić information content (AvgIpc) is 2.33. The zero-order valence-electron chi connectivity index (χ0n) is 8.96. The van der Waals surface area contributed by atoms with Gasteiger partial charge in [-0.1, -0.05) is 12.2 Å². The number of rotatable bonds is 4. The predicted molar refractivity (Wildman–Crippen MR) is 53.8 cm³/mol. The van der Waals surface area contributed by atoms with E-state index in [4.69, 9.17) is 0 Å². The largest absolute Gasteiger partial charge is 0.319 e. The van der Waals surface area contributed by atoms with Crippen LogP contribution in [0, 0.1) is 29.1 Å². The zero-order valence-corrected chi connectivity index (χ0v) is 8.96. The fourth-order valence-electron chi connectivity index (χ4n) is 1.20. The first-order valence-corrected chi connectivity index (χ1v) is 4.83. The predicted octanol–water partition coefficient (Wildman–Crippen LogP) is 3.00. The molecular formula is C11H10F5N. The molecule has 0 saturated carbocycles. The normalized spacial score (nSPS) is 11.4. The van der Waals surface area contributed by atoms with Gasteiger partial charge in [-0.05, 0) is 20.0 Å². The van der Waals surface area contributed by atoms with Gasteiger partial charge in [0.25, 0.3) is 0 Å². The van der Waals surface area contributed by atoms with Gasteiger partial charge in [0.1, 0.15) is 0 Å². The van der Waals surface area contributed by atoms with E-state index in [0.717, 1.165) is 6.08 Å². The Bertz CT molecular complexity index is 413. The van der Waals surface area contributed by atoms with Crippen LogP contribution in [-0.4, -0.2) is 13.6 Å². The fraction of sp³-hybridized carbons (Fsp3) is 0.273. The van der Waals surface area contributed by atoms with Gasteiger partial charge >= 0.3 is 0 Å². The highest BCUT2D eigenvalue weighted by Gasteiger charge is 2.23. The van der Waals surface area contributed by atoms with E-state index in [1.807, 2.05) is 0 Å². The standard InChI is InChI=1S/C11H10F5N/c1-17-5-3-2-4-6-7(12)9(14)11(16)10(15)8(6)13/h2,4,17H,3,5H2,1H3. The third-order valence-corrected chi connectivity index (χ3v) is 2.09. The van der Waals surface area contributed by atoms with Crippen molar-refractivity contribution in [2.75, 3.05) is 13.6 Å². The van der Waals surface area contributed by atoms with E-state index in [1.54, 1.807) is 7.05 Å². The lowest BCUT2D eigenvalue weighted by molar-refractivity contribution is 0.377. The van der Waals surface area contributed by atoms with Crippen molar-refractivity contribution >= 4 is 6.08 Å². The van der Waals surface area contributed by atoms with Crippen LogP contribution in [-0.2, 0) is 0 Å². The molecule has 0 amide bonds. The summed E-state index contributed by atoms with van der Waals surface area (Å²) in [6.07, 6.45) is 2.62. The van der Waals surface area contributed by atoms with Gasteiger partial charge in [-0.25, -0.2) is 22.0 Å².